The minimum Gasteiger partial charge on any atom is -0.379 e. The zero-order valence-electron chi connectivity index (χ0n) is 18.2. The third-order valence-corrected chi connectivity index (χ3v) is 5.28. The Morgan fingerprint density at radius 3 is 2.56 bits per heavy atom. The number of hydrogen-bond acceptors (Lipinski definition) is 6. The van der Waals surface area contributed by atoms with E-state index in [1.165, 1.54) is 0 Å². The molecule has 0 aliphatic rings. The van der Waals surface area contributed by atoms with Gasteiger partial charge < -0.3 is 15.7 Å². The number of amides is 1. The monoisotopic (exact) mass is 467 g/mol. The largest absolute Gasteiger partial charge is 0.418 e. The van der Waals surface area contributed by atoms with Crippen LogP contribution in [0.25, 0.3) is 22.0 Å². The van der Waals surface area contributed by atoms with Crippen molar-refractivity contribution < 1.29 is 23.1 Å². The summed E-state index contributed by atoms with van der Waals surface area (Å²) in [7, 11) is 1.77. The summed E-state index contributed by atoms with van der Waals surface area (Å²) in [6, 6.07) is 10.0. The number of hydrogen-bond donors (Lipinski definition) is 3. The number of alkyl halides is 3. The van der Waals surface area contributed by atoms with Crippen molar-refractivity contribution in [3.63, 3.8) is 0 Å². The number of nitrogens with one attached hydrogen (secondary N) is 2. The summed E-state index contributed by atoms with van der Waals surface area (Å²) in [4.78, 5) is 25.1. The summed E-state index contributed by atoms with van der Waals surface area (Å²) >= 11 is 0. The maximum absolute atomic E-state index is 12.8. The predicted molar refractivity (Wildman–Crippen MR) is 122 cm³/mol. The van der Waals surface area contributed by atoms with E-state index >= 15 is 0 Å². The van der Waals surface area contributed by atoms with E-state index in [0.717, 1.165) is 46.1 Å². The van der Waals surface area contributed by atoms with Crippen molar-refractivity contribution in [1.82, 2.24) is 15.0 Å². The lowest BCUT2D eigenvalue weighted by Crippen LogP contribution is -2.21. The quantitative estimate of drug-likeness (QED) is 0.387. The molecule has 0 saturated heterocycles. The third kappa shape index (κ3) is 4.81. The number of pyridine rings is 3. The van der Waals surface area contributed by atoms with E-state index in [1.807, 2.05) is 25.1 Å². The molecule has 7 nitrogen and oxygen atoms in total. The summed E-state index contributed by atoms with van der Waals surface area (Å²) in [5.74, 6) is 0.0499. The van der Waals surface area contributed by atoms with Gasteiger partial charge in [0.1, 0.15) is 5.82 Å². The average Bonchev–Trinajstić information content (AvgIpc) is 2.83. The van der Waals surface area contributed by atoms with Crippen LogP contribution in [0.15, 0.2) is 61.2 Å². The van der Waals surface area contributed by atoms with Gasteiger partial charge in [-0.05, 0) is 42.3 Å². The van der Waals surface area contributed by atoms with Crippen LogP contribution in [-0.4, -0.2) is 39.2 Å². The van der Waals surface area contributed by atoms with Gasteiger partial charge in [0.25, 0.3) is 5.91 Å². The molecule has 1 aromatic carbocycles. The van der Waals surface area contributed by atoms with Crippen LogP contribution in [0.4, 0.5) is 24.7 Å². The van der Waals surface area contributed by atoms with Crippen LogP contribution in [0, 0.1) is 6.92 Å². The fraction of sp³-hybridized carbons (Fsp3) is 0.167. The Morgan fingerprint density at radius 2 is 1.82 bits per heavy atom. The van der Waals surface area contributed by atoms with E-state index in [4.69, 9.17) is 0 Å². The van der Waals surface area contributed by atoms with E-state index in [1.54, 1.807) is 31.6 Å². The van der Waals surface area contributed by atoms with Gasteiger partial charge in [-0.15, -0.1) is 0 Å². The number of anilines is 2. The summed E-state index contributed by atoms with van der Waals surface area (Å²) in [6.45, 7) is 1.92. The van der Waals surface area contributed by atoms with Gasteiger partial charge in [-0.25, -0.2) is 4.98 Å². The van der Waals surface area contributed by atoms with E-state index in [-0.39, 0.29) is 5.56 Å². The van der Waals surface area contributed by atoms with Crippen LogP contribution >= 0.6 is 0 Å². The van der Waals surface area contributed by atoms with Gasteiger partial charge in [0.2, 0.25) is 0 Å². The van der Waals surface area contributed by atoms with E-state index < -0.39 is 23.8 Å². The lowest BCUT2D eigenvalue weighted by Gasteiger charge is -2.15. The smallest absolute Gasteiger partial charge is 0.379 e. The zero-order chi connectivity index (χ0) is 24.5. The fourth-order valence-corrected chi connectivity index (χ4v) is 3.44. The van der Waals surface area contributed by atoms with Crippen LogP contribution in [0.1, 0.15) is 27.6 Å². The number of carbonyl (C=O) groups excluding carboxylic acids is 1. The normalized spacial score (nSPS) is 12.4. The standard InChI is InChI=1S/C24H20F3N5O2/c1-13-3-4-18(32-23(34)17-6-16(9-29-10-17)22(33)24(25,26)27)7-19(13)14-5-15-12-31-21(28-2)8-20(15)30-11-14/h3-12,22,33H,1-2H3,(H,28,31)(H,32,34)/t22-/m0/s1. The zero-order valence-corrected chi connectivity index (χ0v) is 18.2. The summed E-state index contributed by atoms with van der Waals surface area (Å²) < 4.78 is 38.4. The van der Waals surface area contributed by atoms with Gasteiger partial charge in [0, 0.05) is 60.1 Å². The molecule has 1 amide bonds. The molecule has 0 radical (unpaired) electrons. The van der Waals surface area contributed by atoms with Crippen LogP contribution in [0.5, 0.6) is 0 Å². The molecular formula is C24H20F3N5O2. The molecule has 174 valence electrons. The lowest BCUT2D eigenvalue weighted by molar-refractivity contribution is -0.206. The molecule has 34 heavy (non-hydrogen) atoms. The van der Waals surface area contributed by atoms with Gasteiger partial charge >= 0.3 is 6.18 Å². The van der Waals surface area contributed by atoms with Gasteiger partial charge in [-0.3, -0.25) is 14.8 Å². The van der Waals surface area contributed by atoms with Crippen molar-refractivity contribution in [1.29, 1.82) is 0 Å². The molecule has 3 heterocycles. The fourth-order valence-electron chi connectivity index (χ4n) is 3.44. The van der Waals surface area contributed by atoms with Crippen molar-refractivity contribution in [2.75, 3.05) is 17.7 Å². The van der Waals surface area contributed by atoms with Crippen molar-refractivity contribution in [2.45, 2.75) is 19.2 Å². The Morgan fingerprint density at radius 1 is 1.03 bits per heavy atom. The highest BCUT2D eigenvalue weighted by atomic mass is 19.4. The summed E-state index contributed by atoms with van der Waals surface area (Å²) in [6.07, 6.45) is -2.13. The van der Waals surface area contributed by atoms with Gasteiger partial charge in [-0.1, -0.05) is 6.07 Å². The van der Waals surface area contributed by atoms with Gasteiger partial charge in [0.05, 0.1) is 11.1 Å². The number of rotatable bonds is 5. The summed E-state index contributed by atoms with van der Waals surface area (Å²) in [5, 5.41) is 15.9. The maximum atomic E-state index is 12.8. The molecule has 1 atom stereocenters. The van der Waals surface area contributed by atoms with Crippen LogP contribution in [0.3, 0.4) is 0 Å². The molecule has 0 fully saturated rings. The Kier molecular flexibility index (Phi) is 6.16. The van der Waals surface area contributed by atoms with Crippen molar-refractivity contribution in [2.24, 2.45) is 0 Å². The number of aliphatic hydroxyl groups excluding tert-OH is 1. The second-order valence-corrected chi connectivity index (χ2v) is 7.67. The van der Waals surface area contributed by atoms with Crippen molar-refractivity contribution in [3.8, 4) is 11.1 Å². The lowest BCUT2D eigenvalue weighted by atomic mass is 10.00. The first-order chi connectivity index (χ1) is 16.2. The highest BCUT2D eigenvalue weighted by molar-refractivity contribution is 6.04. The first-order valence-electron chi connectivity index (χ1n) is 10.2. The van der Waals surface area contributed by atoms with Gasteiger partial charge in [0.15, 0.2) is 6.10 Å². The SMILES string of the molecule is CNc1cc2ncc(-c3cc(NC(=O)c4cncc([C@H](O)C(F)(F)F)c4)ccc3C)cc2cn1. The molecule has 0 bridgehead atoms. The predicted octanol–water partition coefficient (Wildman–Crippen LogP) is 4.89. The van der Waals surface area contributed by atoms with E-state index in [9.17, 15) is 23.1 Å². The van der Waals surface area contributed by atoms with E-state index in [2.05, 4.69) is 25.6 Å². The first-order valence-corrected chi connectivity index (χ1v) is 10.2. The van der Waals surface area contributed by atoms with Crippen LogP contribution < -0.4 is 10.6 Å². The molecule has 0 spiro atoms. The average molecular weight is 467 g/mol. The highest BCUT2D eigenvalue weighted by Gasteiger charge is 2.39. The molecule has 0 aliphatic heterocycles. The molecule has 0 saturated carbocycles. The molecule has 4 aromatic rings. The second kappa shape index (κ2) is 9.06. The molecule has 10 heteroatoms. The van der Waals surface area contributed by atoms with Gasteiger partial charge in [-0.2, -0.15) is 13.2 Å². The maximum Gasteiger partial charge on any atom is 0.418 e. The summed E-state index contributed by atoms with van der Waals surface area (Å²) in [5.41, 5.74) is 3.18. The molecule has 0 aliphatic carbocycles. The number of halogens is 3. The minimum atomic E-state index is -4.86. The number of carbonyl (C=O) groups is 1. The Balaban J connectivity index is 1.61. The number of aromatic nitrogens is 3. The van der Waals surface area contributed by atoms with Crippen LogP contribution in [0.2, 0.25) is 0 Å². The highest BCUT2D eigenvalue weighted by Crippen LogP contribution is 2.32. The Hall–Kier alpha value is -4.05. The number of benzene rings is 1. The molecule has 4 rings (SSSR count). The Bertz CT molecular complexity index is 1370. The first kappa shape index (κ1) is 23.1. The van der Waals surface area contributed by atoms with Crippen molar-refractivity contribution >= 4 is 28.3 Å². The molecule has 3 N–H and O–H groups in total. The minimum absolute atomic E-state index is 0.110. The number of nitrogens with zero attached hydrogens (tertiary/aromatic N) is 3. The number of aryl methyl sites for hydroxylation is 1. The molecule has 0 unspecified atom stereocenters. The molecular weight excluding hydrogens is 447 g/mol. The van der Waals surface area contributed by atoms with E-state index in [0.29, 0.717) is 11.5 Å². The number of aliphatic hydroxyl groups is 1. The third-order valence-electron chi connectivity index (χ3n) is 5.28. The van der Waals surface area contributed by atoms with Crippen molar-refractivity contribution in [3.05, 3.63) is 77.9 Å². The topological polar surface area (TPSA) is 100 Å². The number of fused-ring (bicyclic) bond motifs is 1. The van der Waals surface area contributed by atoms with Crippen LogP contribution in [-0.2, 0) is 0 Å². The Labute approximate surface area is 192 Å². The second-order valence-electron chi connectivity index (χ2n) is 7.67. The molecule has 3 aromatic heterocycles.